The molecule has 2 heterocycles. The second kappa shape index (κ2) is 7.96. The molecule has 1 saturated heterocycles. The number of amides is 1. The highest BCUT2D eigenvalue weighted by atomic mass is 32.2. The molecule has 1 aromatic heterocycles. The van der Waals surface area contributed by atoms with Gasteiger partial charge in [-0.25, -0.2) is 13.4 Å². The molecule has 0 radical (unpaired) electrons. The van der Waals surface area contributed by atoms with Crippen LogP contribution in [0.1, 0.15) is 31.2 Å². The molecule has 140 valence electrons. The molecule has 0 unspecified atom stereocenters. The Hall–Kier alpha value is -2.26. The molecule has 0 bridgehead atoms. The van der Waals surface area contributed by atoms with Crippen molar-refractivity contribution in [3.63, 3.8) is 0 Å². The van der Waals surface area contributed by atoms with Crippen molar-refractivity contribution < 1.29 is 13.2 Å². The first kappa shape index (κ1) is 18.5. The monoisotopic (exact) mass is 377 g/mol. The lowest BCUT2D eigenvalue weighted by Crippen LogP contribution is -2.36. The summed E-state index contributed by atoms with van der Waals surface area (Å²) in [5.74, 6) is -0.203. The smallest absolute Gasteiger partial charge is 0.243 e. The van der Waals surface area contributed by atoms with E-state index in [0.717, 1.165) is 19.3 Å². The first-order valence-corrected chi connectivity index (χ1v) is 10.1. The molecule has 1 aliphatic heterocycles. The van der Waals surface area contributed by atoms with Crippen molar-refractivity contribution in [2.45, 2.75) is 44.0 Å². The summed E-state index contributed by atoms with van der Waals surface area (Å²) in [5.41, 5.74) is 1.16. The Labute approximate surface area is 153 Å². The molecule has 0 saturated carbocycles. The first-order chi connectivity index (χ1) is 12.5. The zero-order valence-electron chi connectivity index (χ0n) is 14.8. The van der Waals surface area contributed by atoms with E-state index in [1.54, 1.807) is 36.1 Å². The molecule has 0 aliphatic carbocycles. The van der Waals surface area contributed by atoms with Gasteiger partial charge in [0.15, 0.2) is 0 Å². The number of aryl methyl sites for hydroxylation is 2. The van der Waals surface area contributed by atoms with E-state index in [1.807, 2.05) is 0 Å². The summed E-state index contributed by atoms with van der Waals surface area (Å²) in [6, 6.07) is 4.99. The van der Waals surface area contributed by atoms with Gasteiger partial charge in [0, 0.05) is 25.2 Å². The Bertz CT molecular complexity index is 859. The molecule has 9 heteroatoms. The summed E-state index contributed by atoms with van der Waals surface area (Å²) in [7, 11) is -3.54. The molecule has 1 N–H and O–H groups in total. The number of benzene rings is 1. The number of aromatic nitrogens is 3. The fourth-order valence-corrected chi connectivity index (χ4v) is 4.76. The SMILES string of the molecule is Cc1ccc(NC(=O)CCn2cncn2)cc1S(=O)(=O)N1CCCCC1. The van der Waals surface area contributed by atoms with Crippen LogP contribution in [0.15, 0.2) is 35.7 Å². The van der Waals surface area contributed by atoms with Gasteiger partial charge in [-0.3, -0.25) is 9.48 Å². The summed E-state index contributed by atoms with van der Waals surface area (Å²) >= 11 is 0. The molecule has 0 spiro atoms. The van der Waals surface area contributed by atoms with Gasteiger partial charge < -0.3 is 5.32 Å². The van der Waals surface area contributed by atoms with Crippen molar-refractivity contribution in [1.29, 1.82) is 0 Å². The number of hydrogen-bond acceptors (Lipinski definition) is 5. The standard InChI is InChI=1S/C17H23N5O3S/c1-14-5-6-15(20-17(23)7-10-21-13-18-12-19-21)11-16(14)26(24,25)22-8-3-2-4-9-22/h5-6,11-13H,2-4,7-10H2,1H3,(H,20,23). The zero-order chi connectivity index (χ0) is 18.6. The van der Waals surface area contributed by atoms with Gasteiger partial charge >= 0.3 is 0 Å². The number of anilines is 1. The minimum absolute atomic E-state index is 0.203. The lowest BCUT2D eigenvalue weighted by molar-refractivity contribution is -0.116. The summed E-state index contributed by atoms with van der Waals surface area (Å²) in [5, 5.41) is 6.71. The van der Waals surface area contributed by atoms with Gasteiger partial charge in [-0.2, -0.15) is 9.40 Å². The Balaban J connectivity index is 1.71. The van der Waals surface area contributed by atoms with Crippen molar-refractivity contribution >= 4 is 21.6 Å². The van der Waals surface area contributed by atoms with Crippen LogP contribution >= 0.6 is 0 Å². The van der Waals surface area contributed by atoms with Crippen LogP contribution in [0.2, 0.25) is 0 Å². The number of hydrogen-bond donors (Lipinski definition) is 1. The van der Waals surface area contributed by atoms with Gasteiger partial charge in [-0.05, 0) is 37.5 Å². The van der Waals surface area contributed by atoms with E-state index in [4.69, 9.17) is 0 Å². The van der Waals surface area contributed by atoms with E-state index in [1.165, 1.54) is 10.6 Å². The fourth-order valence-electron chi connectivity index (χ4n) is 2.99. The van der Waals surface area contributed by atoms with Crippen molar-refractivity contribution in [1.82, 2.24) is 19.1 Å². The van der Waals surface area contributed by atoms with Gasteiger partial charge in [-0.1, -0.05) is 12.5 Å². The first-order valence-electron chi connectivity index (χ1n) is 8.70. The molecule has 1 aliphatic rings. The Morgan fingerprint density at radius 3 is 2.69 bits per heavy atom. The number of rotatable bonds is 6. The summed E-state index contributed by atoms with van der Waals surface area (Å²) < 4.78 is 29.0. The van der Waals surface area contributed by atoms with Crippen LogP contribution in [0.25, 0.3) is 0 Å². The number of sulfonamides is 1. The molecule has 8 nitrogen and oxygen atoms in total. The third-order valence-corrected chi connectivity index (χ3v) is 6.48. The molecule has 2 aromatic rings. The van der Waals surface area contributed by atoms with E-state index >= 15 is 0 Å². The van der Waals surface area contributed by atoms with Crippen LogP contribution in [0.4, 0.5) is 5.69 Å². The van der Waals surface area contributed by atoms with E-state index in [-0.39, 0.29) is 17.2 Å². The van der Waals surface area contributed by atoms with Crippen LogP contribution in [-0.2, 0) is 21.4 Å². The van der Waals surface area contributed by atoms with E-state index in [2.05, 4.69) is 15.4 Å². The zero-order valence-corrected chi connectivity index (χ0v) is 15.6. The number of carbonyl (C=O) groups excluding carboxylic acids is 1. The highest BCUT2D eigenvalue weighted by Crippen LogP contribution is 2.26. The maximum absolute atomic E-state index is 12.9. The minimum Gasteiger partial charge on any atom is -0.326 e. The van der Waals surface area contributed by atoms with Crippen LogP contribution in [0.3, 0.4) is 0 Å². The largest absolute Gasteiger partial charge is 0.326 e. The lowest BCUT2D eigenvalue weighted by Gasteiger charge is -2.26. The average Bonchev–Trinajstić information content (AvgIpc) is 3.16. The van der Waals surface area contributed by atoms with Gasteiger partial charge in [0.05, 0.1) is 11.4 Å². The molecule has 1 fully saturated rings. The van der Waals surface area contributed by atoms with E-state index in [0.29, 0.717) is 30.9 Å². The normalized spacial score (nSPS) is 15.7. The number of piperidine rings is 1. The molecule has 1 aromatic carbocycles. The van der Waals surface area contributed by atoms with Crippen molar-refractivity contribution in [2.24, 2.45) is 0 Å². The topological polar surface area (TPSA) is 97.2 Å². The number of nitrogens with zero attached hydrogens (tertiary/aromatic N) is 4. The summed E-state index contributed by atoms with van der Waals surface area (Å²) in [4.78, 5) is 16.2. The predicted octanol–water partition coefficient (Wildman–Crippen LogP) is 1.79. The van der Waals surface area contributed by atoms with Crippen LogP contribution in [0.5, 0.6) is 0 Å². The van der Waals surface area contributed by atoms with Gasteiger partial charge in [-0.15, -0.1) is 0 Å². The highest BCUT2D eigenvalue weighted by molar-refractivity contribution is 7.89. The highest BCUT2D eigenvalue weighted by Gasteiger charge is 2.27. The molecule has 26 heavy (non-hydrogen) atoms. The Kier molecular flexibility index (Phi) is 5.67. The van der Waals surface area contributed by atoms with E-state index in [9.17, 15) is 13.2 Å². The molecular formula is C17H23N5O3S. The Morgan fingerprint density at radius 1 is 1.23 bits per heavy atom. The maximum atomic E-state index is 12.9. The van der Waals surface area contributed by atoms with Crippen LogP contribution < -0.4 is 5.32 Å². The second-order valence-electron chi connectivity index (χ2n) is 6.40. The number of nitrogens with one attached hydrogen (secondary N) is 1. The van der Waals surface area contributed by atoms with Gasteiger partial charge in [0.25, 0.3) is 0 Å². The average molecular weight is 377 g/mol. The minimum atomic E-state index is -3.54. The fraction of sp³-hybridized carbons (Fsp3) is 0.471. The third-order valence-electron chi connectivity index (χ3n) is 4.44. The quantitative estimate of drug-likeness (QED) is 0.828. The molecule has 3 rings (SSSR count). The molecule has 1 amide bonds. The van der Waals surface area contributed by atoms with Crippen molar-refractivity contribution in [2.75, 3.05) is 18.4 Å². The van der Waals surface area contributed by atoms with E-state index < -0.39 is 10.0 Å². The second-order valence-corrected chi connectivity index (χ2v) is 8.31. The summed E-state index contributed by atoms with van der Waals surface area (Å²) in [6.07, 6.45) is 6.02. The third kappa shape index (κ3) is 4.28. The van der Waals surface area contributed by atoms with Gasteiger partial charge in [0.1, 0.15) is 12.7 Å². The number of carbonyl (C=O) groups is 1. The van der Waals surface area contributed by atoms with Crippen molar-refractivity contribution in [3.05, 3.63) is 36.4 Å². The van der Waals surface area contributed by atoms with Crippen LogP contribution in [-0.4, -0.2) is 46.5 Å². The molecular weight excluding hydrogens is 354 g/mol. The van der Waals surface area contributed by atoms with Crippen molar-refractivity contribution in [3.8, 4) is 0 Å². The summed E-state index contributed by atoms with van der Waals surface area (Å²) in [6.45, 7) is 3.29. The molecule has 0 atom stereocenters. The van der Waals surface area contributed by atoms with Gasteiger partial charge in [0.2, 0.25) is 15.9 Å². The van der Waals surface area contributed by atoms with Crippen LogP contribution in [0, 0.1) is 6.92 Å². The lowest BCUT2D eigenvalue weighted by atomic mass is 10.2. The predicted molar refractivity (Wildman–Crippen MR) is 97.1 cm³/mol. The Morgan fingerprint density at radius 2 is 2.00 bits per heavy atom. The maximum Gasteiger partial charge on any atom is 0.243 e.